The van der Waals surface area contributed by atoms with E-state index in [1.807, 2.05) is 29.2 Å². The van der Waals surface area contributed by atoms with Crippen LogP contribution in [-0.2, 0) is 6.54 Å². The van der Waals surface area contributed by atoms with E-state index in [4.69, 9.17) is 5.11 Å². The van der Waals surface area contributed by atoms with Gasteiger partial charge in [-0.05, 0) is 54.1 Å². The van der Waals surface area contributed by atoms with Gasteiger partial charge in [-0.1, -0.05) is 30.3 Å². The number of urea groups is 1. The average molecular weight is 459 g/mol. The van der Waals surface area contributed by atoms with Crippen molar-refractivity contribution in [2.24, 2.45) is 0 Å². The zero-order valence-electron chi connectivity index (χ0n) is 18.6. The van der Waals surface area contributed by atoms with Gasteiger partial charge in [-0.2, -0.15) is 0 Å². The lowest BCUT2D eigenvalue weighted by atomic mass is 10.1. The molecule has 1 heterocycles. The summed E-state index contributed by atoms with van der Waals surface area (Å²) in [6.07, 6.45) is 0. The third-order valence-electron chi connectivity index (χ3n) is 5.66. The summed E-state index contributed by atoms with van der Waals surface area (Å²) in [6, 6.07) is 22.6. The number of rotatable bonds is 6. The summed E-state index contributed by atoms with van der Waals surface area (Å²) in [5.74, 6) is -0.983. The minimum absolute atomic E-state index is 0.0483. The van der Waals surface area contributed by atoms with E-state index in [0.717, 1.165) is 5.56 Å². The smallest absolute Gasteiger partial charge is 0.335 e. The molecule has 0 atom stereocenters. The lowest BCUT2D eigenvalue weighted by Gasteiger charge is -2.34. The Morgan fingerprint density at radius 3 is 2.03 bits per heavy atom. The van der Waals surface area contributed by atoms with Crippen molar-refractivity contribution in [2.75, 3.05) is 36.8 Å². The van der Waals surface area contributed by atoms with Gasteiger partial charge in [0.15, 0.2) is 0 Å². The number of carbonyl (C=O) groups excluding carboxylic acids is 2. The molecular weight excluding hydrogens is 432 g/mol. The molecule has 3 aromatic rings. The highest BCUT2D eigenvalue weighted by Crippen LogP contribution is 2.16. The molecule has 0 saturated carbocycles. The van der Waals surface area contributed by atoms with Crippen LogP contribution in [0.5, 0.6) is 0 Å². The number of nitrogens with zero attached hydrogens (tertiary/aromatic N) is 2. The second-order valence-corrected chi connectivity index (χ2v) is 8.10. The molecule has 174 valence electrons. The first kappa shape index (κ1) is 23.0. The Hall–Kier alpha value is -4.17. The Kier molecular flexibility index (Phi) is 7.19. The lowest BCUT2D eigenvalue weighted by Crippen LogP contribution is -2.48. The lowest BCUT2D eigenvalue weighted by molar-refractivity contribution is 0.0626. The third-order valence-corrected chi connectivity index (χ3v) is 5.66. The summed E-state index contributed by atoms with van der Waals surface area (Å²) in [7, 11) is 0. The highest BCUT2D eigenvalue weighted by molar-refractivity contribution is 6.00. The molecule has 34 heavy (non-hydrogen) atoms. The van der Waals surface area contributed by atoms with Crippen molar-refractivity contribution in [1.82, 2.24) is 9.80 Å². The van der Waals surface area contributed by atoms with Gasteiger partial charge >= 0.3 is 12.0 Å². The molecule has 0 radical (unpaired) electrons. The van der Waals surface area contributed by atoms with Crippen LogP contribution in [0.3, 0.4) is 0 Å². The van der Waals surface area contributed by atoms with Crippen LogP contribution >= 0.6 is 0 Å². The fourth-order valence-corrected chi connectivity index (χ4v) is 3.86. The van der Waals surface area contributed by atoms with Crippen LogP contribution in [0.4, 0.5) is 16.2 Å². The Morgan fingerprint density at radius 1 is 0.735 bits per heavy atom. The maximum absolute atomic E-state index is 12.9. The molecule has 3 amide bonds. The summed E-state index contributed by atoms with van der Waals surface area (Å²) in [6.45, 7) is 3.26. The van der Waals surface area contributed by atoms with Gasteiger partial charge in [-0.3, -0.25) is 9.69 Å². The second kappa shape index (κ2) is 10.6. The number of carboxylic acid groups (broad SMARTS) is 1. The summed E-state index contributed by atoms with van der Waals surface area (Å²) < 4.78 is 0. The molecule has 1 aliphatic heterocycles. The summed E-state index contributed by atoms with van der Waals surface area (Å²) in [4.78, 5) is 40.2. The Bertz CT molecular complexity index is 1160. The monoisotopic (exact) mass is 458 g/mol. The summed E-state index contributed by atoms with van der Waals surface area (Å²) in [5, 5.41) is 14.7. The predicted octanol–water partition coefficient (Wildman–Crippen LogP) is 3.99. The molecule has 1 saturated heterocycles. The molecule has 0 unspecified atom stereocenters. The van der Waals surface area contributed by atoms with Crippen molar-refractivity contribution in [3.8, 4) is 0 Å². The summed E-state index contributed by atoms with van der Waals surface area (Å²) in [5.41, 5.74) is 3.08. The number of amides is 3. The first-order chi connectivity index (χ1) is 16.5. The molecule has 0 aromatic heterocycles. The average Bonchev–Trinajstić information content (AvgIpc) is 2.85. The van der Waals surface area contributed by atoms with Gasteiger partial charge in [0.05, 0.1) is 5.56 Å². The van der Waals surface area contributed by atoms with Crippen LogP contribution in [0.1, 0.15) is 26.3 Å². The van der Waals surface area contributed by atoms with Gasteiger partial charge in [0.2, 0.25) is 0 Å². The number of benzene rings is 3. The second-order valence-electron chi connectivity index (χ2n) is 8.10. The molecule has 8 heteroatoms. The van der Waals surface area contributed by atoms with Crippen molar-refractivity contribution >= 4 is 29.3 Å². The van der Waals surface area contributed by atoms with E-state index >= 15 is 0 Å². The minimum Gasteiger partial charge on any atom is -0.478 e. The molecular formula is C26H26N4O4. The standard InChI is InChI=1S/C26H26N4O4/c31-24(20-9-11-23(12-10-20)28-26(34)27-22-7-2-1-3-8-22)30-15-13-29(14-16-30)18-19-5-4-6-21(17-19)25(32)33/h1-12,17H,13-16,18H2,(H,32,33)(H2,27,28,34). The fourth-order valence-electron chi connectivity index (χ4n) is 3.86. The number of carboxylic acids is 1. The molecule has 1 fully saturated rings. The van der Waals surface area contributed by atoms with Crippen molar-refractivity contribution in [3.05, 3.63) is 95.6 Å². The van der Waals surface area contributed by atoms with E-state index in [-0.39, 0.29) is 17.5 Å². The topological polar surface area (TPSA) is 102 Å². The Morgan fingerprint density at radius 2 is 1.38 bits per heavy atom. The maximum atomic E-state index is 12.9. The van der Waals surface area contributed by atoms with Gasteiger partial charge in [0.1, 0.15) is 0 Å². The van der Waals surface area contributed by atoms with Crippen molar-refractivity contribution in [1.29, 1.82) is 0 Å². The molecule has 8 nitrogen and oxygen atoms in total. The Balaban J connectivity index is 1.27. The van der Waals surface area contributed by atoms with Gasteiger partial charge in [-0.25, -0.2) is 9.59 Å². The van der Waals surface area contributed by atoms with Crippen molar-refractivity contribution in [2.45, 2.75) is 6.54 Å². The van der Waals surface area contributed by atoms with Crippen LogP contribution in [0.2, 0.25) is 0 Å². The maximum Gasteiger partial charge on any atom is 0.335 e. The first-order valence-electron chi connectivity index (χ1n) is 11.0. The molecule has 1 aliphatic rings. The number of hydrogen-bond donors (Lipinski definition) is 3. The van der Waals surface area contributed by atoms with E-state index < -0.39 is 5.97 Å². The van der Waals surface area contributed by atoms with Crippen LogP contribution in [0, 0.1) is 0 Å². The third kappa shape index (κ3) is 5.99. The quantitative estimate of drug-likeness (QED) is 0.519. The van der Waals surface area contributed by atoms with E-state index in [9.17, 15) is 14.4 Å². The SMILES string of the molecule is O=C(Nc1ccccc1)Nc1ccc(C(=O)N2CCN(Cc3cccc(C(=O)O)c3)CC2)cc1. The van der Waals surface area contributed by atoms with Crippen LogP contribution in [0.25, 0.3) is 0 Å². The van der Waals surface area contributed by atoms with Gasteiger partial charge in [-0.15, -0.1) is 0 Å². The Labute approximate surface area is 197 Å². The number of hydrogen-bond acceptors (Lipinski definition) is 4. The number of nitrogens with one attached hydrogen (secondary N) is 2. The molecule has 3 N–H and O–H groups in total. The predicted molar refractivity (Wildman–Crippen MR) is 130 cm³/mol. The van der Waals surface area contributed by atoms with Crippen molar-refractivity contribution < 1.29 is 19.5 Å². The fraction of sp³-hybridized carbons (Fsp3) is 0.192. The number of anilines is 2. The van der Waals surface area contributed by atoms with Crippen LogP contribution < -0.4 is 10.6 Å². The van der Waals surface area contributed by atoms with Gasteiger partial charge in [0, 0.05) is 49.7 Å². The normalized spacial score (nSPS) is 13.8. The van der Waals surface area contributed by atoms with Gasteiger partial charge in [0.25, 0.3) is 5.91 Å². The zero-order valence-corrected chi connectivity index (χ0v) is 18.6. The van der Waals surface area contributed by atoms with E-state index in [2.05, 4.69) is 15.5 Å². The molecule has 3 aromatic carbocycles. The number of carbonyl (C=O) groups is 3. The molecule has 0 aliphatic carbocycles. The minimum atomic E-state index is -0.935. The number of aromatic carboxylic acids is 1. The van der Waals surface area contributed by atoms with E-state index in [1.165, 1.54) is 0 Å². The first-order valence-corrected chi connectivity index (χ1v) is 11.0. The largest absolute Gasteiger partial charge is 0.478 e. The molecule has 0 bridgehead atoms. The number of piperazine rings is 1. The van der Waals surface area contributed by atoms with Gasteiger partial charge < -0.3 is 20.6 Å². The van der Waals surface area contributed by atoms with Crippen LogP contribution in [-0.4, -0.2) is 59.0 Å². The highest BCUT2D eigenvalue weighted by Gasteiger charge is 2.22. The summed E-state index contributed by atoms with van der Waals surface area (Å²) >= 11 is 0. The highest BCUT2D eigenvalue weighted by atomic mass is 16.4. The van der Waals surface area contributed by atoms with Crippen molar-refractivity contribution in [3.63, 3.8) is 0 Å². The molecule has 0 spiro atoms. The van der Waals surface area contributed by atoms with E-state index in [0.29, 0.717) is 49.7 Å². The number of para-hydroxylation sites is 1. The van der Waals surface area contributed by atoms with Crippen LogP contribution in [0.15, 0.2) is 78.9 Å². The zero-order chi connectivity index (χ0) is 23.9. The van der Waals surface area contributed by atoms with E-state index in [1.54, 1.807) is 54.6 Å². The molecule has 4 rings (SSSR count).